The number of fused-ring (bicyclic) bond motifs is 3. The van der Waals surface area contributed by atoms with Crippen molar-refractivity contribution in [3.63, 3.8) is 0 Å². The molecule has 7 nitrogen and oxygen atoms in total. The minimum atomic E-state index is -0.357. The van der Waals surface area contributed by atoms with Crippen molar-refractivity contribution in [1.29, 1.82) is 0 Å². The summed E-state index contributed by atoms with van der Waals surface area (Å²) in [6.07, 6.45) is -0.357. The second kappa shape index (κ2) is 20.6. The smallest absolute Gasteiger partial charge is 0.359 e. The fraction of sp³-hybridized carbons (Fsp3) is 0.0149. The van der Waals surface area contributed by atoms with E-state index in [1.165, 1.54) is 54.6 Å². The van der Waals surface area contributed by atoms with E-state index in [2.05, 4.69) is 348 Å². The topological polar surface area (TPSA) is 24.4 Å². The van der Waals surface area contributed by atoms with Crippen molar-refractivity contribution in [2.45, 2.75) is 6.29 Å². The molecule has 0 aliphatic carbocycles. The van der Waals surface area contributed by atoms with Crippen LogP contribution in [0.25, 0.3) is 27.5 Å². The van der Waals surface area contributed by atoms with Gasteiger partial charge in [0.15, 0.2) is 0 Å². The fourth-order valence-electron chi connectivity index (χ4n) is 13.7. The van der Waals surface area contributed by atoms with Gasteiger partial charge in [-0.3, -0.25) is 0 Å². The minimum absolute atomic E-state index is 0.300. The molecule has 13 heteroatoms. The van der Waals surface area contributed by atoms with Crippen LogP contribution in [0.15, 0.2) is 315 Å². The van der Waals surface area contributed by atoms with Crippen LogP contribution in [-0.2, 0) is 0 Å². The van der Waals surface area contributed by atoms with Crippen molar-refractivity contribution in [2.24, 2.45) is 0 Å². The van der Waals surface area contributed by atoms with Gasteiger partial charge in [0.2, 0.25) is 0 Å². The molecule has 1 aromatic heterocycles. The van der Waals surface area contributed by atoms with Gasteiger partial charge in [0, 0.05) is 33.5 Å². The Bertz CT molecular complexity index is 3810. The van der Waals surface area contributed by atoms with E-state index < -0.39 is 0 Å². The molecule has 0 spiro atoms. The normalized spacial score (nSPS) is 15.3. The molecule has 0 saturated carbocycles. The summed E-state index contributed by atoms with van der Waals surface area (Å²) in [4.78, 5) is 0. The third kappa shape index (κ3) is 8.03. The average molecular weight is 1020 g/mol. The van der Waals surface area contributed by atoms with E-state index >= 15 is 0 Å². The van der Waals surface area contributed by atoms with Crippen LogP contribution >= 0.6 is 0 Å². The standard InChI is InChI=1S/C67H53B6N7/c1-9-29-53(30-10-1)68-75(60-41-21-7-22-42-60)70(55-33-13-3-14-34-55)79-67-78(68)69(54-31-11-2-12-32-54)76(61-43-23-8-24-44-61)71(56-35-15-4-16-36-56)80(67)73(58-39-19-6-20-40-58)77(72(79)57-37-17-5-18-38-57)62-51-49-59(50-52-62)74-65-47-27-25-45-63(65)64-46-26-28-48-66(64)74/h1-52,67H. The summed E-state index contributed by atoms with van der Waals surface area (Å²) in [5, 5.41) is 2.49. The lowest BCUT2D eigenvalue weighted by Gasteiger charge is -2.72. The van der Waals surface area contributed by atoms with Crippen molar-refractivity contribution in [3.05, 3.63) is 315 Å². The molecule has 3 aliphatic rings. The van der Waals surface area contributed by atoms with Gasteiger partial charge in [0.05, 0.1) is 17.3 Å². The number of aromatic nitrogens is 1. The van der Waals surface area contributed by atoms with Gasteiger partial charge in [-0.25, -0.2) is 0 Å². The molecule has 0 atom stereocenters. The molecule has 0 bridgehead atoms. The number of hydrogen-bond acceptors (Lipinski definition) is 6. The lowest BCUT2D eigenvalue weighted by molar-refractivity contribution is 0.201. The summed E-state index contributed by atoms with van der Waals surface area (Å²) in [7, 11) is 0. The Labute approximate surface area is 471 Å². The molecule has 11 aromatic carbocycles. The molecule has 0 amide bonds. The molecule has 3 aliphatic heterocycles. The second-order valence-corrected chi connectivity index (χ2v) is 21.2. The van der Waals surface area contributed by atoms with Gasteiger partial charge in [0.1, 0.15) is 0 Å². The van der Waals surface area contributed by atoms with E-state index in [0.29, 0.717) is 0 Å². The van der Waals surface area contributed by atoms with Crippen LogP contribution < -0.4 is 46.9 Å². The molecule has 4 heterocycles. The Balaban J connectivity index is 1.08. The monoisotopic (exact) mass is 1020 g/mol. The predicted octanol–water partition coefficient (Wildman–Crippen LogP) is 9.21. The maximum absolute atomic E-state index is 2.87. The van der Waals surface area contributed by atoms with Gasteiger partial charge in [-0.05, 0) is 93.4 Å². The molecule has 0 unspecified atom stereocenters. The zero-order chi connectivity index (χ0) is 52.9. The zero-order valence-electron chi connectivity index (χ0n) is 44.2. The Hall–Kier alpha value is -9.11. The van der Waals surface area contributed by atoms with Crippen LogP contribution in [0.2, 0.25) is 0 Å². The SMILES string of the molecule is c1ccc(B2N(c3ccccc3)B(c3ccccc3)N3B(c4ccccc4)N(c4ccc(-n5c6ccccc6c6ccccc65)cc4)B(c4ccccc4)N4B(c5ccccc5)N(c5ccccc5)B(c5ccccc5)N2C34)cc1. The maximum Gasteiger partial charge on any atom is 0.359 e. The lowest BCUT2D eigenvalue weighted by atomic mass is 9.32. The zero-order valence-corrected chi connectivity index (χ0v) is 44.2. The molecule has 15 rings (SSSR count). The first-order valence-corrected chi connectivity index (χ1v) is 28.0. The average Bonchev–Trinajstić information content (AvgIpc) is 3.30. The van der Waals surface area contributed by atoms with E-state index in [1.807, 2.05) is 0 Å². The van der Waals surface area contributed by atoms with Gasteiger partial charge in [0.25, 0.3) is 0 Å². The van der Waals surface area contributed by atoms with Gasteiger partial charge in [-0.1, -0.05) is 255 Å². The quantitative estimate of drug-likeness (QED) is 0.127. The number of benzene rings is 11. The van der Waals surface area contributed by atoms with Crippen LogP contribution in [0.5, 0.6) is 0 Å². The van der Waals surface area contributed by atoms with Crippen LogP contribution in [0.3, 0.4) is 0 Å². The summed E-state index contributed by atoms with van der Waals surface area (Å²) in [5.74, 6) is 0. The maximum atomic E-state index is 2.87. The highest BCUT2D eigenvalue weighted by atomic mass is 15.6. The number of hydrogen-bond donors (Lipinski definition) is 0. The van der Waals surface area contributed by atoms with Crippen LogP contribution in [-0.4, -0.2) is 66.9 Å². The number of anilines is 3. The highest BCUT2D eigenvalue weighted by molar-refractivity contribution is 7.10. The highest BCUT2D eigenvalue weighted by Gasteiger charge is 2.70. The third-order valence-electron chi connectivity index (χ3n) is 16.8. The van der Waals surface area contributed by atoms with E-state index in [0.717, 1.165) is 22.7 Å². The van der Waals surface area contributed by atoms with Gasteiger partial charge >= 0.3 is 41.9 Å². The van der Waals surface area contributed by atoms with Crippen LogP contribution in [0.4, 0.5) is 17.1 Å². The van der Waals surface area contributed by atoms with Crippen molar-refractivity contribution in [2.75, 3.05) is 14.2 Å². The molecule has 3 saturated heterocycles. The number of rotatable bonds is 10. The van der Waals surface area contributed by atoms with Gasteiger partial charge in [-0.15, -0.1) is 0 Å². The first-order chi connectivity index (χ1) is 39.8. The molecular formula is C67H53B6N7. The van der Waals surface area contributed by atoms with Crippen molar-refractivity contribution < 1.29 is 0 Å². The Morgan fingerprint density at radius 3 is 0.688 bits per heavy atom. The largest absolute Gasteiger partial charge is 0.426 e. The molecule has 80 heavy (non-hydrogen) atoms. The summed E-state index contributed by atoms with van der Waals surface area (Å²) >= 11 is 0. The molecule has 0 radical (unpaired) electrons. The molecular weight excluding hydrogens is 968 g/mol. The van der Waals surface area contributed by atoms with Crippen LogP contribution in [0.1, 0.15) is 0 Å². The Morgan fingerprint density at radius 2 is 0.412 bits per heavy atom. The van der Waals surface area contributed by atoms with Crippen molar-refractivity contribution in [3.8, 4) is 5.69 Å². The minimum Gasteiger partial charge on any atom is -0.426 e. The third-order valence-corrected chi connectivity index (χ3v) is 16.8. The molecule has 12 aromatic rings. The summed E-state index contributed by atoms with van der Waals surface area (Å²) in [5.41, 5.74) is 14.1. The predicted molar refractivity (Wildman–Crippen MR) is 341 cm³/mol. The summed E-state index contributed by atoms with van der Waals surface area (Å²) < 4.78 is 19.2. The van der Waals surface area contributed by atoms with E-state index in [9.17, 15) is 0 Å². The molecule has 3 fully saturated rings. The highest BCUT2D eigenvalue weighted by Crippen LogP contribution is 2.43. The van der Waals surface area contributed by atoms with Crippen molar-refractivity contribution >= 4 is 114 Å². The van der Waals surface area contributed by atoms with E-state index in [-0.39, 0.29) is 48.2 Å². The fourth-order valence-corrected chi connectivity index (χ4v) is 13.7. The van der Waals surface area contributed by atoms with Gasteiger partial charge in [-0.2, -0.15) is 0 Å². The summed E-state index contributed by atoms with van der Waals surface area (Å²) in [6.45, 7) is -1.91. The van der Waals surface area contributed by atoms with E-state index in [4.69, 9.17) is 0 Å². The molecule has 0 N–H and O–H groups in total. The summed E-state index contributed by atoms with van der Waals surface area (Å²) in [6, 6.07) is 117. The lowest BCUT2D eigenvalue weighted by Crippen LogP contribution is -3.01. The molecule has 374 valence electrons. The van der Waals surface area contributed by atoms with E-state index in [1.54, 1.807) is 0 Å². The Morgan fingerprint density at radius 1 is 0.200 bits per heavy atom. The second-order valence-electron chi connectivity index (χ2n) is 21.2. The first kappa shape index (κ1) is 48.1. The Kier molecular flexibility index (Phi) is 12.4. The number of nitrogens with zero attached hydrogens (tertiary/aromatic N) is 7. The van der Waals surface area contributed by atoms with Crippen molar-refractivity contribution in [1.82, 2.24) is 18.7 Å². The van der Waals surface area contributed by atoms with Crippen LogP contribution in [0, 0.1) is 0 Å². The van der Waals surface area contributed by atoms with Gasteiger partial charge < -0.3 is 32.9 Å². The number of para-hydroxylation sites is 4. The first-order valence-electron chi connectivity index (χ1n) is 28.0.